The number of fused-ring (bicyclic) bond motifs is 3. The van der Waals surface area contributed by atoms with Gasteiger partial charge in [-0.15, -0.1) is 0 Å². The van der Waals surface area contributed by atoms with Crippen molar-refractivity contribution in [1.29, 1.82) is 0 Å². The number of phenols is 2. The standard InChI is InChI=1S/C28H28N4O6/c1-5-38-31-27-28(2,29-3)13-17-22(32(27)14-15-9-11-30-12-10-15)26(36)21-20(24(17)34)23(33)16-7-6-8-18(37-4)19(16)25(21)35/h6-12,29,34,36H,5,13-14H2,1-4H3/b31-27-. The fourth-order valence-corrected chi connectivity index (χ4v) is 5.18. The molecule has 1 aliphatic heterocycles. The molecule has 3 N–H and O–H groups in total. The van der Waals surface area contributed by atoms with Crippen molar-refractivity contribution in [3.05, 3.63) is 76.1 Å². The molecule has 0 amide bonds. The number of ketones is 2. The first-order chi connectivity index (χ1) is 18.3. The van der Waals surface area contributed by atoms with Gasteiger partial charge in [-0.2, -0.15) is 0 Å². The number of oxime groups is 1. The number of benzene rings is 2. The highest BCUT2D eigenvalue weighted by Crippen LogP contribution is 2.51. The van der Waals surface area contributed by atoms with Crippen LogP contribution in [-0.4, -0.2) is 58.9 Å². The monoisotopic (exact) mass is 516 g/mol. The van der Waals surface area contributed by atoms with Crippen molar-refractivity contribution in [2.75, 3.05) is 25.7 Å². The lowest BCUT2D eigenvalue weighted by molar-refractivity contribution is 0.0971. The predicted octanol–water partition coefficient (Wildman–Crippen LogP) is 3.17. The highest BCUT2D eigenvalue weighted by molar-refractivity contribution is 6.32. The van der Waals surface area contributed by atoms with Crippen molar-refractivity contribution in [2.45, 2.75) is 32.4 Å². The van der Waals surface area contributed by atoms with Gasteiger partial charge in [0.25, 0.3) is 0 Å². The third-order valence-corrected chi connectivity index (χ3v) is 7.16. The molecule has 1 aliphatic carbocycles. The molecular weight excluding hydrogens is 488 g/mol. The molecule has 1 atom stereocenters. The summed E-state index contributed by atoms with van der Waals surface area (Å²) in [5.74, 6) is -1.30. The van der Waals surface area contributed by atoms with Crippen molar-refractivity contribution in [2.24, 2.45) is 5.16 Å². The van der Waals surface area contributed by atoms with Gasteiger partial charge in [-0.05, 0) is 44.7 Å². The van der Waals surface area contributed by atoms with Gasteiger partial charge >= 0.3 is 0 Å². The minimum absolute atomic E-state index is 0.0434. The molecule has 3 aromatic rings. The summed E-state index contributed by atoms with van der Waals surface area (Å²) in [6.07, 6.45) is 3.45. The number of carbonyl (C=O) groups excluding carboxylic acids is 2. The summed E-state index contributed by atoms with van der Waals surface area (Å²) >= 11 is 0. The Kier molecular flexibility index (Phi) is 6.28. The molecule has 1 unspecified atom stereocenters. The maximum Gasteiger partial charge on any atom is 0.202 e. The second-order valence-corrected chi connectivity index (χ2v) is 9.35. The van der Waals surface area contributed by atoms with Crippen LogP contribution in [0.5, 0.6) is 17.2 Å². The Morgan fingerprint density at radius 1 is 1.08 bits per heavy atom. The summed E-state index contributed by atoms with van der Waals surface area (Å²) in [4.78, 5) is 38.7. The minimum atomic E-state index is -0.851. The third kappa shape index (κ3) is 3.67. The molecule has 196 valence electrons. The summed E-state index contributed by atoms with van der Waals surface area (Å²) in [5.41, 5.74) is 0.139. The number of methoxy groups -OCH3 is 1. The van der Waals surface area contributed by atoms with Crippen LogP contribution in [0.3, 0.4) is 0 Å². The van der Waals surface area contributed by atoms with Crippen molar-refractivity contribution < 1.29 is 29.4 Å². The number of carbonyl (C=O) groups is 2. The molecule has 10 nitrogen and oxygen atoms in total. The van der Waals surface area contributed by atoms with E-state index in [2.05, 4.69) is 15.5 Å². The minimum Gasteiger partial charge on any atom is -0.507 e. The van der Waals surface area contributed by atoms with Crippen molar-refractivity contribution in [3.63, 3.8) is 0 Å². The first-order valence-electron chi connectivity index (χ1n) is 12.2. The lowest BCUT2D eigenvalue weighted by Gasteiger charge is -2.44. The van der Waals surface area contributed by atoms with Gasteiger partial charge in [0.15, 0.2) is 17.4 Å². The van der Waals surface area contributed by atoms with Crippen LogP contribution in [0, 0.1) is 0 Å². The van der Waals surface area contributed by atoms with Gasteiger partial charge in [0.05, 0.1) is 35.0 Å². The molecule has 2 aliphatic rings. The van der Waals surface area contributed by atoms with Crippen LogP contribution >= 0.6 is 0 Å². The van der Waals surface area contributed by atoms with Gasteiger partial charge in [0, 0.05) is 36.5 Å². The average Bonchev–Trinajstić information content (AvgIpc) is 2.93. The van der Waals surface area contributed by atoms with E-state index in [1.807, 2.05) is 19.1 Å². The maximum atomic E-state index is 13.8. The Morgan fingerprint density at radius 3 is 2.45 bits per heavy atom. The van der Waals surface area contributed by atoms with Crippen LogP contribution in [-0.2, 0) is 17.8 Å². The van der Waals surface area contributed by atoms with Crippen LogP contribution in [0.2, 0.25) is 0 Å². The number of hydrogen-bond donors (Lipinski definition) is 3. The second kappa shape index (κ2) is 9.46. The molecule has 0 radical (unpaired) electrons. The van der Waals surface area contributed by atoms with Crippen LogP contribution in [0.25, 0.3) is 0 Å². The first-order valence-corrected chi connectivity index (χ1v) is 12.2. The number of nitrogens with zero attached hydrogens (tertiary/aromatic N) is 3. The SMILES string of the molecule is CCO/N=C1\N(Cc2ccncc2)c2c(O)c3c(c(O)c2CC1(C)NC)C(=O)c1cccc(OC)c1C3=O. The summed E-state index contributed by atoms with van der Waals surface area (Å²) in [6, 6.07) is 8.32. The lowest BCUT2D eigenvalue weighted by Crippen LogP contribution is -2.59. The molecular formula is C28H28N4O6. The van der Waals surface area contributed by atoms with Gasteiger partial charge in [-0.25, -0.2) is 0 Å². The van der Waals surface area contributed by atoms with Crippen molar-refractivity contribution >= 4 is 23.1 Å². The Hall–Kier alpha value is -4.44. The average molecular weight is 517 g/mol. The second-order valence-electron chi connectivity index (χ2n) is 9.35. The molecule has 0 fully saturated rings. The first kappa shape index (κ1) is 25.2. The largest absolute Gasteiger partial charge is 0.507 e. The molecule has 38 heavy (non-hydrogen) atoms. The third-order valence-electron chi connectivity index (χ3n) is 7.16. The highest BCUT2D eigenvalue weighted by atomic mass is 16.6. The van der Waals surface area contributed by atoms with E-state index in [0.717, 1.165) is 5.56 Å². The van der Waals surface area contributed by atoms with Crippen molar-refractivity contribution in [1.82, 2.24) is 10.3 Å². The normalized spacial score (nSPS) is 19.2. The zero-order valence-corrected chi connectivity index (χ0v) is 21.5. The molecule has 0 spiro atoms. The van der Waals surface area contributed by atoms with E-state index in [0.29, 0.717) is 18.0 Å². The van der Waals surface area contributed by atoms with Gasteiger partial charge in [-0.3, -0.25) is 14.6 Å². The molecule has 0 bridgehead atoms. The van der Waals surface area contributed by atoms with Crippen LogP contribution in [0.4, 0.5) is 5.69 Å². The zero-order chi connectivity index (χ0) is 27.2. The van der Waals surface area contributed by atoms with E-state index in [4.69, 9.17) is 9.57 Å². The number of nitrogens with one attached hydrogen (secondary N) is 1. The Labute approximate surface area is 219 Å². The number of aromatic hydroxyl groups is 2. The van der Waals surface area contributed by atoms with E-state index in [1.54, 1.807) is 43.4 Å². The summed E-state index contributed by atoms with van der Waals surface area (Å²) in [5, 5.41) is 30.9. The number of amidine groups is 1. The fourth-order valence-electron chi connectivity index (χ4n) is 5.18. The zero-order valence-electron chi connectivity index (χ0n) is 21.5. The van der Waals surface area contributed by atoms with E-state index in [9.17, 15) is 19.8 Å². The molecule has 0 saturated carbocycles. The molecule has 2 heterocycles. The highest BCUT2D eigenvalue weighted by Gasteiger charge is 2.47. The Morgan fingerprint density at radius 2 is 1.79 bits per heavy atom. The topological polar surface area (TPSA) is 134 Å². The van der Waals surface area contributed by atoms with E-state index < -0.39 is 22.9 Å². The number of anilines is 1. The molecule has 5 rings (SSSR count). The molecule has 1 aromatic heterocycles. The smallest absolute Gasteiger partial charge is 0.202 e. The van der Waals surface area contributed by atoms with Crippen LogP contribution < -0.4 is 15.0 Å². The van der Waals surface area contributed by atoms with Crippen molar-refractivity contribution in [3.8, 4) is 17.2 Å². The van der Waals surface area contributed by atoms with Crippen LogP contribution in [0.1, 0.15) is 56.8 Å². The quantitative estimate of drug-likeness (QED) is 0.261. The number of ether oxygens (including phenoxy) is 1. The lowest BCUT2D eigenvalue weighted by atomic mass is 9.77. The Balaban J connectivity index is 1.82. The fraction of sp³-hybridized carbons (Fsp3) is 0.286. The summed E-state index contributed by atoms with van der Waals surface area (Å²) in [6.45, 7) is 4.22. The number of aromatic nitrogens is 1. The van der Waals surface area contributed by atoms with E-state index in [1.165, 1.54) is 13.2 Å². The van der Waals surface area contributed by atoms with Gasteiger partial charge in [-0.1, -0.05) is 17.3 Å². The van der Waals surface area contributed by atoms with E-state index >= 15 is 0 Å². The molecule has 0 saturated heterocycles. The summed E-state index contributed by atoms with van der Waals surface area (Å²) in [7, 11) is 3.15. The van der Waals surface area contributed by atoms with Crippen LogP contribution in [0.15, 0.2) is 47.9 Å². The predicted molar refractivity (Wildman–Crippen MR) is 140 cm³/mol. The van der Waals surface area contributed by atoms with Gasteiger partial charge in [0.1, 0.15) is 18.1 Å². The number of pyridine rings is 1. The Bertz CT molecular complexity index is 1490. The molecule has 10 heteroatoms. The van der Waals surface area contributed by atoms with Gasteiger partial charge < -0.3 is 30.0 Å². The van der Waals surface area contributed by atoms with Gasteiger partial charge in [0.2, 0.25) is 5.78 Å². The number of hydrogen-bond acceptors (Lipinski definition) is 9. The number of phenolic OH excluding ortho intramolecular Hbond substituents is 2. The summed E-state index contributed by atoms with van der Waals surface area (Å²) < 4.78 is 5.36. The van der Waals surface area contributed by atoms with E-state index in [-0.39, 0.29) is 52.4 Å². The number of likely N-dealkylation sites (N-methyl/N-ethyl adjacent to an activating group) is 1. The number of rotatable bonds is 6. The maximum absolute atomic E-state index is 13.8. The molecule has 2 aromatic carbocycles.